The van der Waals surface area contributed by atoms with E-state index in [4.69, 9.17) is 4.42 Å². The van der Waals surface area contributed by atoms with E-state index in [0.29, 0.717) is 0 Å². The van der Waals surface area contributed by atoms with Gasteiger partial charge < -0.3 is 4.42 Å². The molecule has 4 heteroatoms. The van der Waals surface area contributed by atoms with Gasteiger partial charge in [-0.2, -0.15) is 0 Å². The van der Waals surface area contributed by atoms with Crippen LogP contribution in [0.25, 0.3) is 11.3 Å². The molecule has 0 amide bonds. The minimum absolute atomic E-state index is 0.00472. The molecule has 0 saturated heterocycles. The molecule has 2 N–H and O–H groups in total. The van der Waals surface area contributed by atoms with E-state index in [1.54, 1.807) is 0 Å². The molecule has 0 saturated carbocycles. The fourth-order valence-corrected chi connectivity index (χ4v) is 2.15. The number of hydrogen-bond acceptors (Lipinski definition) is 2. The second kappa shape index (κ2) is 2.89. The normalized spacial score (nSPS) is 13.7. The van der Waals surface area contributed by atoms with Gasteiger partial charge in [0.15, 0.2) is 0 Å². The van der Waals surface area contributed by atoms with Gasteiger partial charge >= 0.3 is 0 Å². The molecule has 1 aliphatic carbocycles. The van der Waals surface area contributed by atoms with Crippen LogP contribution in [-0.2, 0) is 19.3 Å². The third-order valence-electron chi connectivity index (χ3n) is 2.96. The lowest BCUT2D eigenvalue weighted by Gasteiger charge is -2.07. The summed E-state index contributed by atoms with van der Waals surface area (Å²) in [6, 6.07) is 2.02. The van der Waals surface area contributed by atoms with E-state index in [1.807, 2.05) is 6.07 Å². The minimum Gasteiger partial charge on any atom is -0.465 e. The lowest BCUT2D eigenvalue weighted by Crippen LogP contribution is -2.10. The van der Waals surface area contributed by atoms with Crippen LogP contribution in [0.1, 0.15) is 24.0 Å². The van der Waals surface area contributed by atoms with Gasteiger partial charge in [0.2, 0.25) is 0 Å². The van der Waals surface area contributed by atoms with Crippen LogP contribution in [0.5, 0.6) is 0 Å². The molecule has 78 valence electrons. The van der Waals surface area contributed by atoms with Gasteiger partial charge in [-0.3, -0.25) is 15.0 Å². The quantitative estimate of drug-likeness (QED) is 0.741. The molecule has 2 aromatic heterocycles. The predicted octanol–water partition coefficient (Wildman–Crippen LogP) is 1.62. The summed E-state index contributed by atoms with van der Waals surface area (Å²) in [4.78, 5) is 11.4. The summed E-state index contributed by atoms with van der Waals surface area (Å²) in [5, 5.41) is 5.55. The van der Waals surface area contributed by atoms with Crippen LogP contribution in [0.15, 0.2) is 15.3 Å². The Morgan fingerprint density at radius 2 is 2.27 bits per heavy atom. The predicted molar refractivity (Wildman–Crippen MR) is 55.9 cm³/mol. The molecule has 0 spiro atoms. The first-order valence-electron chi connectivity index (χ1n) is 5.21. The summed E-state index contributed by atoms with van der Waals surface area (Å²) in [5.74, 6) is 1.98. The Bertz CT molecular complexity index is 559. The van der Waals surface area contributed by atoms with Crippen molar-refractivity contribution in [3.8, 4) is 11.3 Å². The highest BCUT2D eigenvalue weighted by molar-refractivity contribution is 5.67. The average Bonchev–Trinajstić information content (AvgIpc) is 2.81. The number of aromatic amines is 2. The molecular weight excluding hydrogens is 192 g/mol. The third-order valence-corrected chi connectivity index (χ3v) is 2.96. The summed E-state index contributed by atoms with van der Waals surface area (Å²) in [7, 11) is 0. The monoisotopic (exact) mass is 204 g/mol. The van der Waals surface area contributed by atoms with Gasteiger partial charge in [-0.15, -0.1) is 0 Å². The summed E-state index contributed by atoms with van der Waals surface area (Å²) in [6.07, 6.45) is 2.47. The maximum Gasteiger partial charge on any atom is 0.267 e. The Kier molecular flexibility index (Phi) is 1.65. The van der Waals surface area contributed by atoms with E-state index in [1.165, 1.54) is 0 Å². The third kappa shape index (κ3) is 1.11. The van der Waals surface area contributed by atoms with Crippen molar-refractivity contribution in [2.45, 2.75) is 26.2 Å². The maximum absolute atomic E-state index is 11.4. The van der Waals surface area contributed by atoms with Crippen LogP contribution in [0.2, 0.25) is 0 Å². The molecule has 4 nitrogen and oxygen atoms in total. The van der Waals surface area contributed by atoms with E-state index >= 15 is 0 Å². The van der Waals surface area contributed by atoms with Crippen LogP contribution in [0.3, 0.4) is 0 Å². The number of aromatic nitrogens is 2. The SMILES string of the molecule is CCc1cc2c(o1)CCc1c-2[nH][nH]c1=O. The van der Waals surface area contributed by atoms with Crippen molar-refractivity contribution in [3.05, 3.63) is 33.5 Å². The van der Waals surface area contributed by atoms with Gasteiger partial charge in [0.25, 0.3) is 5.56 Å². The number of rotatable bonds is 1. The van der Waals surface area contributed by atoms with Crippen molar-refractivity contribution < 1.29 is 4.42 Å². The van der Waals surface area contributed by atoms with Gasteiger partial charge in [-0.1, -0.05) is 6.92 Å². The Hall–Kier alpha value is -1.71. The van der Waals surface area contributed by atoms with Gasteiger partial charge in [-0.05, 0) is 12.5 Å². The Labute approximate surface area is 86.3 Å². The summed E-state index contributed by atoms with van der Waals surface area (Å²) in [6.45, 7) is 2.06. The van der Waals surface area contributed by atoms with E-state index in [0.717, 1.165) is 47.6 Å². The molecule has 15 heavy (non-hydrogen) atoms. The first-order chi connectivity index (χ1) is 7.29. The second-order valence-electron chi connectivity index (χ2n) is 3.84. The summed E-state index contributed by atoms with van der Waals surface area (Å²) in [5.41, 5.74) is 2.80. The van der Waals surface area contributed by atoms with Crippen LogP contribution >= 0.6 is 0 Å². The van der Waals surface area contributed by atoms with Crippen LogP contribution < -0.4 is 5.56 Å². The highest BCUT2D eigenvalue weighted by atomic mass is 16.3. The molecule has 0 radical (unpaired) electrons. The fourth-order valence-electron chi connectivity index (χ4n) is 2.15. The number of aryl methyl sites for hydroxylation is 2. The largest absolute Gasteiger partial charge is 0.465 e. The van der Waals surface area contributed by atoms with Crippen LogP contribution in [-0.4, -0.2) is 10.2 Å². The number of H-pyrrole nitrogens is 2. The second-order valence-corrected chi connectivity index (χ2v) is 3.84. The maximum atomic E-state index is 11.4. The lowest BCUT2D eigenvalue weighted by molar-refractivity contribution is 0.468. The van der Waals surface area contributed by atoms with Crippen molar-refractivity contribution in [1.82, 2.24) is 10.2 Å². The van der Waals surface area contributed by atoms with Crippen molar-refractivity contribution in [3.63, 3.8) is 0 Å². The molecule has 0 aromatic carbocycles. The van der Waals surface area contributed by atoms with Crippen molar-refractivity contribution in [2.75, 3.05) is 0 Å². The van der Waals surface area contributed by atoms with Crippen LogP contribution in [0.4, 0.5) is 0 Å². The van der Waals surface area contributed by atoms with E-state index in [-0.39, 0.29) is 5.56 Å². The zero-order valence-corrected chi connectivity index (χ0v) is 8.52. The van der Waals surface area contributed by atoms with E-state index in [9.17, 15) is 4.79 Å². The highest BCUT2D eigenvalue weighted by Gasteiger charge is 2.23. The molecule has 0 unspecified atom stereocenters. The Morgan fingerprint density at radius 1 is 1.40 bits per heavy atom. The zero-order chi connectivity index (χ0) is 10.4. The first kappa shape index (κ1) is 8.59. The molecule has 1 aliphatic rings. The molecule has 0 aliphatic heterocycles. The van der Waals surface area contributed by atoms with E-state index < -0.39 is 0 Å². The minimum atomic E-state index is -0.00472. The standard InChI is InChI=1S/C11H12N2O2/c1-2-6-5-8-9(15-6)4-3-7-10(8)12-13-11(7)14/h5H,2-4H2,1H3,(H2,12,13,14). The molecule has 0 atom stereocenters. The first-order valence-corrected chi connectivity index (χ1v) is 5.21. The van der Waals surface area contributed by atoms with Crippen LogP contribution in [0, 0.1) is 0 Å². The molecular formula is C11H12N2O2. The van der Waals surface area contributed by atoms with Crippen molar-refractivity contribution in [2.24, 2.45) is 0 Å². The number of hydrogen-bond donors (Lipinski definition) is 2. The smallest absolute Gasteiger partial charge is 0.267 e. The number of nitrogens with one attached hydrogen (secondary N) is 2. The number of furan rings is 1. The summed E-state index contributed by atoms with van der Waals surface area (Å²) < 4.78 is 5.69. The fraction of sp³-hybridized carbons (Fsp3) is 0.364. The van der Waals surface area contributed by atoms with Crippen molar-refractivity contribution >= 4 is 0 Å². The van der Waals surface area contributed by atoms with Gasteiger partial charge in [-0.25, -0.2) is 0 Å². The lowest BCUT2D eigenvalue weighted by atomic mass is 9.96. The van der Waals surface area contributed by atoms with Gasteiger partial charge in [0.1, 0.15) is 11.5 Å². The molecule has 3 rings (SSSR count). The van der Waals surface area contributed by atoms with E-state index in [2.05, 4.69) is 17.1 Å². The van der Waals surface area contributed by atoms with Crippen molar-refractivity contribution in [1.29, 1.82) is 0 Å². The Morgan fingerprint density at radius 3 is 3.07 bits per heavy atom. The average molecular weight is 204 g/mol. The topological polar surface area (TPSA) is 61.8 Å². The summed E-state index contributed by atoms with van der Waals surface area (Å²) >= 11 is 0. The van der Waals surface area contributed by atoms with Gasteiger partial charge in [0, 0.05) is 24.0 Å². The molecule has 0 bridgehead atoms. The molecule has 2 heterocycles. The molecule has 2 aromatic rings. The Balaban J connectivity index is 2.24. The zero-order valence-electron chi connectivity index (χ0n) is 8.52. The van der Waals surface area contributed by atoms with Gasteiger partial charge in [0.05, 0.1) is 5.69 Å². The number of fused-ring (bicyclic) bond motifs is 3. The molecule has 0 fully saturated rings. The highest BCUT2D eigenvalue weighted by Crippen LogP contribution is 2.32.